The van der Waals surface area contributed by atoms with E-state index < -0.39 is 8.32 Å². The van der Waals surface area contributed by atoms with Gasteiger partial charge in [0, 0.05) is 6.61 Å². The molecule has 22 heavy (non-hydrogen) atoms. The molecule has 0 aromatic carbocycles. The Hall–Kier alpha value is 0.254. The Morgan fingerprint density at radius 1 is 1.09 bits per heavy atom. The maximum Gasteiger partial charge on any atom is 1.00 e. The van der Waals surface area contributed by atoms with Crippen molar-refractivity contribution in [3.8, 4) is 0 Å². The molecular formula is C19H35LiOSi. The zero-order valence-electron chi connectivity index (χ0n) is 16.4. The molecule has 1 nitrogen and oxygen atoms in total. The molecule has 3 heteroatoms. The monoisotopic (exact) mass is 314 g/mol. The van der Waals surface area contributed by atoms with Crippen LogP contribution in [0.15, 0.2) is 17.7 Å². The van der Waals surface area contributed by atoms with Crippen molar-refractivity contribution in [3.05, 3.63) is 23.8 Å². The summed E-state index contributed by atoms with van der Waals surface area (Å²) < 4.78 is 6.73. The second-order valence-electron chi connectivity index (χ2n) is 7.70. The molecule has 0 saturated heterocycles. The van der Waals surface area contributed by atoms with E-state index in [1.54, 1.807) is 0 Å². The fraction of sp³-hybridized carbons (Fsp3) is 0.789. The predicted octanol–water partition coefficient (Wildman–Crippen LogP) is 3.14. The molecule has 0 bridgehead atoms. The molecule has 0 aromatic rings. The summed E-state index contributed by atoms with van der Waals surface area (Å²) in [4.78, 5) is 0. The molecule has 0 fully saturated rings. The minimum atomic E-state index is -1.72. The van der Waals surface area contributed by atoms with Crippen LogP contribution in [-0.4, -0.2) is 14.9 Å². The standard InChI is InChI=1S/C19H35OSi.Li/c1-14(2)21(15(3)4,16(5)6)20-13-18(8)19-11-9-17(7)10-12-19;/h9,12,14-16,18-19H,11,13H2,1-8H3;/q-1;+1/t18-,19+;/m1./s1. The van der Waals surface area contributed by atoms with Crippen LogP contribution in [-0.2, 0) is 4.43 Å². The summed E-state index contributed by atoms with van der Waals surface area (Å²) in [6, 6.07) is 0. The van der Waals surface area contributed by atoms with Crippen LogP contribution in [0, 0.1) is 17.9 Å². The smallest absolute Gasteiger partial charge is 0.416 e. The maximum atomic E-state index is 6.73. The van der Waals surface area contributed by atoms with Crippen molar-refractivity contribution in [2.24, 2.45) is 11.8 Å². The van der Waals surface area contributed by atoms with Crippen molar-refractivity contribution < 1.29 is 23.3 Å². The molecule has 0 aliphatic heterocycles. The molecule has 1 aliphatic carbocycles. The molecule has 0 amide bonds. The van der Waals surface area contributed by atoms with E-state index in [0.717, 1.165) is 13.0 Å². The first kappa shape index (κ1) is 22.3. The quantitative estimate of drug-likeness (QED) is 0.518. The molecule has 0 radical (unpaired) electrons. The van der Waals surface area contributed by atoms with Crippen LogP contribution in [0.3, 0.4) is 0 Å². The Kier molecular flexibility index (Phi) is 9.64. The van der Waals surface area contributed by atoms with Gasteiger partial charge in [0.05, 0.1) is 0 Å². The molecule has 0 heterocycles. The molecule has 0 aromatic heterocycles. The summed E-state index contributed by atoms with van der Waals surface area (Å²) in [7, 11) is -1.72. The summed E-state index contributed by atoms with van der Waals surface area (Å²) in [6.07, 6.45) is 9.07. The second kappa shape index (κ2) is 9.53. The third-order valence-corrected chi connectivity index (χ3v) is 11.3. The van der Waals surface area contributed by atoms with Gasteiger partial charge >= 0.3 is 18.9 Å². The number of hydrogen-bond acceptors (Lipinski definition) is 1. The van der Waals surface area contributed by atoms with Gasteiger partial charge in [0.25, 0.3) is 0 Å². The molecule has 1 rings (SSSR count). The summed E-state index contributed by atoms with van der Waals surface area (Å²) >= 11 is 0. The average molecular weight is 315 g/mol. The Labute approximate surface area is 152 Å². The fourth-order valence-electron chi connectivity index (χ4n) is 3.97. The zero-order chi connectivity index (χ0) is 16.2. The number of allylic oxidation sites excluding steroid dienone is 4. The Morgan fingerprint density at radius 2 is 1.59 bits per heavy atom. The fourth-order valence-corrected chi connectivity index (χ4v) is 9.53. The largest absolute Gasteiger partial charge is 1.00 e. The Balaban J connectivity index is 0.00000441. The third-order valence-electron chi connectivity index (χ3n) is 5.26. The minimum Gasteiger partial charge on any atom is -0.416 e. The molecule has 0 saturated carbocycles. The Morgan fingerprint density at radius 3 is 1.95 bits per heavy atom. The summed E-state index contributed by atoms with van der Waals surface area (Å²) in [5, 5.41) is 0. The first-order valence-corrected chi connectivity index (χ1v) is 10.8. The van der Waals surface area contributed by atoms with Gasteiger partial charge in [-0.1, -0.05) is 61.8 Å². The summed E-state index contributed by atoms with van der Waals surface area (Å²) in [5.74, 6) is 1.16. The van der Waals surface area contributed by atoms with E-state index in [1.807, 2.05) is 0 Å². The number of rotatable bonds is 7. The van der Waals surface area contributed by atoms with Gasteiger partial charge < -0.3 is 4.43 Å². The van der Waals surface area contributed by atoms with Gasteiger partial charge in [-0.3, -0.25) is 6.08 Å². The minimum absolute atomic E-state index is 0. The van der Waals surface area contributed by atoms with Crippen LogP contribution in [0.5, 0.6) is 0 Å². The first-order chi connectivity index (χ1) is 9.71. The molecule has 0 N–H and O–H groups in total. The Bertz CT molecular complexity index is 363. The van der Waals surface area contributed by atoms with E-state index in [2.05, 4.69) is 73.6 Å². The topological polar surface area (TPSA) is 9.23 Å². The van der Waals surface area contributed by atoms with Crippen LogP contribution in [0.25, 0.3) is 0 Å². The molecule has 2 atom stereocenters. The van der Waals surface area contributed by atoms with E-state index in [4.69, 9.17) is 4.43 Å². The molecular weight excluding hydrogens is 279 g/mol. The second-order valence-corrected chi connectivity index (χ2v) is 13.2. The van der Waals surface area contributed by atoms with Crippen molar-refractivity contribution in [2.75, 3.05) is 6.61 Å². The van der Waals surface area contributed by atoms with Crippen LogP contribution in [0.2, 0.25) is 16.6 Å². The van der Waals surface area contributed by atoms with Gasteiger partial charge in [-0.25, -0.2) is 11.6 Å². The SMILES string of the molecule is CC1=CC[C@H]([C@H](C)CO[Si](C(C)C)(C(C)C)C(C)C)C=[C-]1.[Li+]. The van der Waals surface area contributed by atoms with Gasteiger partial charge in [-0.15, -0.1) is 0 Å². The predicted molar refractivity (Wildman–Crippen MR) is 95.8 cm³/mol. The van der Waals surface area contributed by atoms with E-state index in [1.165, 1.54) is 5.57 Å². The van der Waals surface area contributed by atoms with Gasteiger partial charge in [0.1, 0.15) is 0 Å². The van der Waals surface area contributed by atoms with Crippen LogP contribution < -0.4 is 18.9 Å². The van der Waals surface area contributed by atoms with Crippen molar-refractivity contribution >= 4 is 8.32 Å². The molecule has 1 aliphatic rings. The third kappa shape index (κ3) is 5.13. The summed E-state index contributed by atoms with van der Waals surface area (Å²) in [6.45, 7) is 19.5. The van der Waals surface area contributed by atoms with E-state index in [9.17, 15) is 0 Å². The van der Waals surface area contributed by atoms with E-state index in [-0.39, 0.29) is 18.9 Å². The van der Waals surface area contributed by atoms with E-state index >= 15 is 0 Å². The van der Waals surface area contributed by atoms with Crippen molar-refractivity contribution in [1.82, 2.24) is 0 Å². The van der Waals surface area contributed by atoms with Gasteiger partial charge in [0.2, 0.25) is 0 Å². The zero-order valence-corrected chi connectivity index (χ0v) is 17.4. The number of hydrogen-bond donors (Lipinski definition) is 0. The van der Waals surface area contributed by atoms with Gasteiger partial charge in [0.15, 0.2) is 8.32 Å². The van der Waals surface area contributed by atoms with Crippen LogP contribution in [0.1, 0.15) is 61.8 Å². The van der Waals surface area contributed by atoms with E-state index in [0.29, 0.717) is 28.5 Å². The van der Waals surface area contributed by atoms with Gasteiger partial charge in [-0.2, -0.15) is 6.08 Å². The molecule has 0 unspecified atom stereocenters. The maximum absolute atomic E-state index is 6.73. The van der Waals surface area contributed by atoms with Crippen molar-refractivity contribution in [2.45, 2.75) is 78.4 Å². The summed E-state index contributed by atoms with van der Waals surface area (Å²) in [5.41, 5.74) is 3.27. The molecule has 122 valence electrons. The van der Waals surface area contributed by atoms with Crippen LogP contribution >= 0.6 is 0 Å². The first-order valence-electron chi connectivity index (χ1n) is 8.62. The van der Waals surface area contributed by atoms with Gasteiger partial charge in [-0.05, 0) is 28.5 Å². The van der Waals surface area contributed by atoms with Crippen LogP contribution in [0.4, 0.5) is 0 Å². The van der Waals surface area contributed by atoms with Crippen molar-refractivity contribution in [1.29, 1.82) is 0 Å². The van der Waals surface area contributed by atoms with Crippen molar-refractivity contribution in [3.63, 3.8) is 0 Å². The molecule has 0 spiro atoms. The average Bonchev–Trinajstić information content (AvgIpc) is 2.38. The normalized spacial score (nSPS) is 20.3.